The summed E-state index contributed by atoms with van der Waals surface area (Å²) in [5, 5.41) is 32.0. The highest BCUT2D eigenvalue weighted by Crippen LogP contribution is 2.37. The molecule has 0 saturated carbocycles. The van der Waals surface area contributed by atoms with Crippen LogP contribution in [0.5, 0.6) is 11.5 Å². The number of ether oxygens (including phenoxy) is 1. The summed E-state index contributed by atoms with van der Waals surface area (Å²) in [6, 6.07) is 7.00. The molecule has 0 fully saturated rings. The Morgan fingerprint density at radius 2 is 1.78 bits per heavy atom. The number of nitrogens with zero attached hydrogens (tertiary/aromatic N) is 2. The van der Waals surface area contributed by atoms with Crippen LogP contribution >= 0.6 is 0 Å². The summed E-state index contributed by atoms with van der Waals surface area (Å²) in [5.41, 5.74) is 0.757. The molecule has 0 aliphatic rings. The summed E-state index contributed by atoms with van der Waals surface area (Å²) in [5.74, 6) is -0.0479. The van der Waals surface area contributed by atoms with Crippen LogP contribution in [-0.4, -0.2) is 22.1 Å². The number of nitro groups is 2. The van der Waals surface area contributed by atoms with Gasteiger partial charge >= 0.3 is 5.69 Å². The highest BCUT2D eigenvalue weighted by molar-refractivity contribution is 5.60. The number of benzene rings is 2. The maximum absolute atomic E-state index is 11.1. The Morgan fingerprint density at radius 1 is 1.09 bits per heavy atom. The van der Waals surface area contributed by atoms with Crippen molar-refractivity contribution in [3.8, 4) is 11.5 Å². The van der Waals surface area contributed by atoms with E-state index in [0.29, 0.717) is 5.56 Å². The van der Waals surface area contributed by atoms with E-state index in [1.165, 1.54) is 19.2 Å². The maximum Gasteiger partial charge on any atom is 0.318 e. The molecule has 0 aliphatic carbocycles. The van der Waals surface area contributed by atoms with Crippen molar-refractivity contribution >= 4 is 11.4 Å². The molecule has 0 atom stereocenters. The summed E-state index contributed by atoms with van der Waals surface area (Å²) >= 11 is 0. The van der Waals surface area contributed by atoms with Crippen LogP contribution in [0.3, 0.4) is 0 Å². The van der Waals surface area contributed by atoms with Crippen LogP contribution in [0.4, 0.5) is 11.4 Å². The molecule has 0 saturated heterocycles. The monoisotopic (exact) mass is 318 g/mol. The number of non-ortho nitro benzene ring substituents is 1. The second kappa shape index (κ2) is 6.30. The molecular formula is C15H14N2O6. The van der Waals surface area contributed by atoms with E-state index in [2.05, 4.69) is 0 Å². The van der Waals surface area contributed by atoms with E-state index in [-0.39, 0.29) is 23.5 Å². The minimum atomic E-state index is -0.731. The van der Waals surface area contributed by atoms with Gasteiger partial charge in [0.25, 0.3) is 5.69 Å². The summed E-state index contributed by atoms with van der Waals surface area (Å²) in [7, 11) is 1.26. The number of nitro benzene ring substituents is 2. The van der Waals surface area contributed by atoms with Crippen LogP contribution in [0.2, 0.25) is 0 Å². The Hall–Kier alpha value is -3.16. The second-order valence-corrected chi connectivity index (χ2v) is 4.98. The lowest BCUT2D eigenvalue weighted by atomic mass is 10.00. The van der Waals surface area contributed by atoms with E-state index in [0.717, 1.165) is 11.6 Å². The maximum atomic E-state index is 11.1. The molecule has 0 aromatic heterocycles. The molecule has 0 amide bonds. The lowest BCUT2D eigenvalue weighted by molar-refractivity contribution is -0.394. The average molecular weight is 318 g/mol. The number of phenolic OH excluding ortho intramolecular Hbond substituents is 1. The number of rotatable bonds is 5. The first-order chi connectivity index (χ1) is 10.8. The Labute approximate surface area is 131 Å². The van der Waals surface area contributed by atoms with Crippen molar-refractivity contribution in [1.29, 1.82) is 0 Å². The predicted molar refractivity (Wildman–Crippen MR) is 82.0 cm³/mol. The van der Waals surface area contributed by atoms with Gasteiger partial charge in [0, 0.05) is 18.1 Å². The van der Waals surface area contributed by atoms with Gasteiger partial charge in [0.1, 0.15) is 5.75 Å². The average Bonchev–Trinajstić information content (AvgIpc) is 2.49. The Kier molecular flexibility index (Phi) is 4.44. The number of phenols is 1. The first-order valence-corrected chi connectivity index (χ1v) is 6.61. The predicted octanol–water partition coefficient (Wildman–Crippen LogP) is 3.12. The van der Waals surface area contributed by atoms with Crippen LogP contribution in [0.25, 0.3) is 0 Å². The third-order valence-corrected chi connectivity index (χ3v) is 3.36. The molecule has 0 spiro atoms. The number of aryl methyl sites for hydroxylation is 1. The molecule has 120 valence electrons. The van der Waals surface area contributed by atoms with Crippen molar-refractivity contribution in [2.45, 2.75) is 13.3 Å². The van der Waals surface area contributed by atoms with Gasteiger partial charge in [-0.3, -0.25) is 20.2 Å². The van der Waals surface area contributed by atoms with Crippen LogP contribution in [0.15, 0.2) is 30.3 Å². The van der Waals surface area contributed by atoms with Crippen LogP contribution < -0.4 is 4.74 Å². The van der Waals surface area contributed by atoms with Gasteiger partial charge in [0.2, 0.25) is 5.75 Å². The van der Waals surface area contributed by atoms with Gasteiger partial charge < -0.3 is 9.84 Å². The molecule has 2 aromatic carbocycles. The molecule has 8 heteroatoms. The van der Waals surface area contributed by atoms with Crippen LogP contribution in [-0.2, 0) is 6.42 Å². The van der Waals surface area contributed by atoms with Crippen molar-refractivity contribution in [3.05, 3.63) is 67.3 Å². The van der Waals surface area contributed by atoms with E-state index in [1.54, 1.807) is 12.1 Å². The molecule has 0 heterocycles. The van der Waals surface area contributed by atoms with Gasteiger partial charge in [0.15, 0.2) is 0 Å². The Balaban J connectivity index is 2.62. The van der Waals surface area contributed by atoms with Crippen molar-refractivity contribution in [2.75, 3.05) is 7.11 Å². The molecule has 0 radical (unpaired) electrons. The molecule has 23 heavy (non-hydrogen) atoms. The Morgan fingerprint density at radius 3 is 2.35 bits per heavy atom. The van der Waals surface area contributed by atoms with Crippen LogP contribution in [0.1, 0.15) is 16.7 Å². The fraction of sp³-hybridized carbons (Fsp3) is 0.200. The Bertz CT molecular complexity index is 788. The van der Waals surface area contributed by atoms with E-state index < -0.39 is 21.2 Å². The number of aromatic hydroxyl groups is 1. The molecule has 0 aliphatic heterocycles. The lowest BCUT2D eigenvalue weighted by Gasteiger charge is -2.11. The fourth-order valence-electron chi connectivity index (χ4n) is 2.32. The van der Waals surface area contributed by atoms with Crippen molar-refractivity contribution in [3.63, 3.8) is 0 Å². The smallest absolute Gasteiger partial charge is 0.318 e. The standard InChI is InChI=1S/C15H14N2O6/c1-9-3-4-14(18)10(5-9)6-11-7-12(16(19)20)8-13(17(21)22)15(11)23-2/h3-5,7-8,18H,6H2,1-2H3. The minimum Gasteiger partial charge on any atom is -0.508 e. The largest absolute Gasteiger partial charge is 0.508 e. The van der Waals surface area contributed by atoms with Gasteiger partial charge in [-0.1, -0.05) is 17.7 Å². The van der Waals surface area contributed by atoms with Crippen LogP contribution in [0, 0.1) is 27.2 Å². The first kappa shape index (κ1) is 16.2. The summed E-state index contributed by atoms with van der Waals surface area (Å²) < 4.78 is 5.07. The highest BCUT2D eigenvalue weighted by Gasteiger charge is 2.25. The zero-order valence-electron chi connectivity index (χ0n) is 12.5. The normalized spacial score (nSPS) is 10.3. The third kappa shape index (κ3) is 3.37. The molecule has 0 unspecified atom stereocenters. The van der Waals surface area contributed by atoms with Crippen molar-refractivity contribution in [2.24, 2.45) is 0 Å². The minimum absolute atomic E-state index is 0.00631. The van der Waals surface area contributed by atoms with E-state index >= 15 is 0 Å². The molecule has 1 N–H and O–H groups in total. The molecule has 2 rings (SSSR count). The first-order valence-electron chi connectivity index (χ1n) is 6.61. The SMILES string of the molecule is COc1c(Cc2cc(C)ccc2O)cc([N+](=O)[O-])cc1[N+](=O)[O-]. The van der Waals surface area contributed by atoms with E-state index in [9.17, 15) is 25.3 Å². The third-order valence-electron chi connectivity index (χ3n) is 3.36. The quantitative estimate of drug-likeness (QED) is 0.669. The van der Waals surface area contributed by atoms with Gasteiger partial charge in [0.05, 0.1) is 23.0 Å². The van der Waals surface area contributed by atoms with Crippen molar-refractivity contribution in [1.82, 2.24) is 0 Å². The number of methoxy groups -OCH3 is 1. The van der Waals surface area contributed by atoms with Gasteiger partial charge in [-0.15, -0.1) is 0 Å². The van der Waals surface area contributed by atoms with Crippen molar-refractivity contribution < 1.29 is 19.7 Å². The van der Waals surface area contributed by atoms with E-state index in [1.807, 2.05) is 6.92 Å². The van der Waals surface area contributed by atoms with Gasteiger partial charge in [-0.05, 0) is 18.6 Å². The topological polar surface area (TPSA) is 116 Å². The summed E-state index contributed by atoms with van der Waals surface area (Å²) in [6.07, 6.45) is 0.0687. The lowest BCUT2D eigenvalue weighted by Crippen LogP contribution is -2.02. The molecular weight excluding hydrogens is 304 g/mol. The van der Waals surface area contributed by atoms with Gasteiger partial charge in [-0.25, -0.2) is 0 Å². The van der Waals surface area contributed by atoms with Gasteiger partial charge in [-0.2, -0.15) is 0 Å². The highest BCUT2D eigenvalue weighted by atomic mass is 16.6. The second-order valence-electron chi connectivity index (χ2n) is 4.98. The fourth-order valence-corrected chi connectivity index (χ4v) is 2.32. The molecule has 0 bridgehead atoms. The van der Waals surface area contributed by atoms with E-state index in [4.69, 9.17) is 4.74 Å². The number of hydrogen-bond donors (Lipinski definition) is 1. The zero-order valence-corrected chi connectivity index (χ0v) is 12.5. The summed E-state index contributed by atoms with van der Waals surface area (Å²) in [4.78, 5) is 20.7. The zero-order chi connectivity index (χ0) is 17.1. The molecule has 2 aromatic rings. The summed E-state index contributed by atoms with van der Waals surface area (Å²) in [6.45, 7) is 1.83. The number of hydrogen-bond acceptors (Lipinski definition) is 6. The molecule has 8 nitrogen and oxygen atoms in total.